The third kappa shape index (κ3) is 2.65. The summed E-state index contributed by atoms with van der Waals surface area (Å²) in [6.07, 6.45) is 3.79. The van der Waals surface area contributed by atoms with Crippen LogP contribution in [0.3, 0.4) is 0 Å². The molecule has 0 aliphatic carbocycles. The van der Waals surface area contributed by atoms with E-state index in [4.69, 9.17) is 17.3 Å². The molecular formula is C13H17ClN6O. The first-order chi connectivity index (χ1) is 10.1. The first-order valence-corrected chi connectivity index (χ1v) is 7.33. The number of nitrogens with zero attached hydrogens (tertiary/aromatic N) is 5. The summed E-state index contributed by atoms with van der Waals surface area (Å²) in [6.45, 7) is 3.61. The summed E-state index contributed by atoms with van der Waals surface area (Å²) >= 11 is 6.19. The highest BCUT2D eigenvalue weighted by Crippen LogP contribution is 2.30. The molecule has 1 aliphatic heterocycles. The Balaban J connectivity index is 1.87. The summed E-state index contributed by atoms with van der Waals surface area (Å²) in [5.74, 6) is 1.57. The Labute approximate surface area is 127 Å². The number of primary amides is 1. The SMILES string of the molecule is Cc1c(Cl)nc2ncnn2c1N1CCC(CC(N)=O)CC1. The Morgan fingerprint density at radius 2 is 2.19 bits per heavy atom. The minimum Gasteiger partial charge on any atom is -0.370 e. The maximum atomic E-state index is 11.0. The fourth-order valence-corrected chi connectivity index (χ4v) is 3.05. The molecule has 0 unspecified atom stereocenters. The number of hydrogen-bond acceptors (Lipinski definition) is 5. The first-order valence-electron chi connectivity index (χ1n) is 6.95. The van der Waals surface area contributed by atoms with Gasteiger partial charge in [-0.3, -0.25) is 4.79 Å². The van der Waals surface area contributed by atoms with E-state index >= 15 is 0 Å². The molecule has 21 heavy (non-hydrogen) atoms. The van der Waals surface area contributed by atoms with Crippen molar-refractivity contribution in [3.05, 3.63) is 17.0 Å². The lowest BCUT2D eigenvalue weighted by atomic mass is 9.93. The fraction of sp³-hybridized carbons (Fsp3) is 0.538. The van der Waals surface area contributed by atoms with Crippen LogP contribution in [0.2, 0.25) is 5.15 Å². The Bertz CT molecular complexity index is 677. The summed E-state index contributed by atoms with van der Waals surface area (Å²) in [5, 5.41) is 4.68. The number of fused-ring (bicyclic) bond motifs is 1. The number of carbonyl (C=O) groups excluding carboxylic acids is 1. The highest BCUT2D eigenvalue weighted by molar-refractivity contribution is 6.30. The van der Waals surface area contributed by atoms with Crippen LogP contribution < -0.4 is 10.6 Å². The second kappa shape index (κ2) is 5.48. The van der Waals surface area contributed by atoms with E-state index in [-0.39, 0.29) is 5.91 Å². The van der Waals surface area contributed by atoms with Crippen LogP contribution in [0.1, 0.15) is 24.8 Å². The fourth-order valence-electron chi connectivity index (χ4n) is 2.89. The normalized spacial score (nSPS) is 16.6. The minimum atomic E-state index is -0.227. The average molecular weight is 309 g/mol. The quantitative estimate of drug-likeness (QED) is 0.860. The summed E-state index contributed by atoms with van der Waals surface area (Å²) < 4.78 is 1.72. The van der Waals surface area contributed by atoms with Crippen LogP contribution in [0.4, 0.5) is 5.82 Å². The van der Waals surface area contributed by atoms with Gasteiger partial charge in [-0.15, -0.1) is 0 Å². The first kappa shape index (κ1) is 14.1. The molecule has 2 aromatic rings. The molecule has 0 aromatic carbocycles. The molecule has 8 heteroatoms. The number of halogens is 1. The summed E-state index contributed by atoms with van der Waals surface area (Å²) in [6, 6.07) is 0. The van der Waals surface area contributed by atoms with Crippen molar-refractivity contribution in [2.45, 2.75) is 26.2 Å². The third-order valence-corrected chi connectivity index (χ3v) is 4.35. The third-order valence-electron chi connectivity index (χ3n) is 3.98. The number of rotatable bonds is 3. The number of carbonyl (C=O) groups is 1. The van der Waals surface area contributed by atoms with Crippen LogP contribution in [0.15, 0.2) is 6.33 Å². The number of hydrogen-bond donors (Lipinski definition) is 1. The molecule has 1 fully saturated rings. The van der Waals surface area contributed by atoms with Gasteiger partial charge in [0.1, 0.15) is 17.3 Å². The standard InChI is InChI=1S/C13H17ClN6O/c1-8-11(14)18-13-16-7-17-20(13)12(8)19-4-2-9(3-5-19)6-10(15)21/h7,9H,2-6H2,1H3,(H2,15,21). The van der Waals surface area contributed by atoms with Crippen LogP contribution in [-0.4, -0.2) is 38.6 Å². The molecule has 3 heterocycles. The molecule has 0 spiro atoms. The van der Waals surface area contributed by atoms with Gasteiger partial charge in [-0.25, -0.2) is 0 Å². The molecule has 0 bridgehead atoms. The van der Waals surface area contributed by atoms with Crippen LogP contribution >= 0.6 is 11.6 Å². The van der Waals surface area contributed by atoms with Crippen LogP contribution in [0.5, 0.6) is 0 Å². The zero-order valence-electron chi connectivity index (χ0n) is 11.8. The summed E-state index contributed by atoms with van der Waals surface area (Å²) in [5.41, 5.74) is 6.16. The van der Waals surface area contributed by atoms with Crippen molar-refractivity contribution >= 4 is 29.1 Å². The minimum absolute atomic E-state index is 0.227. The van der Waals surface area contributed by atoms with E-state index in [2.05, 4.69) is 20.0 Å². The Kier molecular flexibility index (Phi) is 3.67. The maximum Gasteiger partial charge on any atom is 0.255 e. The maximum absolute atomic E-state index is 11.0. The van der Waals surface area contributed by atoms with Gasteiger partial charge in [0.2, 0.25) is 5.91 Å². The number of piperidine rings is 1. The molecule has 0 saturated carbocycles. The summed E-state index contributed by atoms with van der Waals surface area (Å²) in [7, 11) is 0. The van der Waals surface area contributed by atoms with Gasteiger partial charge < -0.3 is 10.6 Å². The smallest absolute Gasteiger partial charge is 0.255 e. The van der Waals surface area contributed by atoms with Gasteiger partial charge in [0.25, 0.3) is 5.78 Å². The molecule has 2 aromatic heterocycles. The predicted octanol–water partition coefficient (Wildman–Crippen LogP) is 1.18. The molecule has 3 rings (SSSR count). The molecular weight excluding hydrogens is 292 g/mol. The molecule has 7 nitrogen and oxygen atoms in total. The highest BCUT2D eigenvalue weighted by atomic mass is 35.5. The second-order valence-corrected chi connectivity index (χ2v) is 5.78. The van der Waals surface area contributed by atoms with Crippen LogP contribution in [0, 0.1) is 12.8 Å². The predicted molar refractivity (Wildman–Crippen MR) is 79.3 cm³/mol. The van der Waals surface area contributed by atoms with E-state index in [1.165, 1.54) is 6.33 Å². The zero-order chi connectivity index (χ0) is 15.0. The Morgan fingerprint density at radius 3 is 2.86 bits per heavy atom. The lowest BCUT2D eigenvalue weighted by molar-refractivity contribution is -0.119. The monoisotopic (exact) mass is 308 g/mol. The molecule has 0 atom stereocenters. The average Bonchev–Trinajstić information content (AvgIpc) is 2.88. The highest BCUT2D eigenvalue weighted by Gasteiger charge is 2.25. The van der Waals surface area contributed by atoms with Gasteiger partial charge >= 0.3 is 0 Å². The van der Waals surface area contributed by atoms with Gasteiger partial charge in [0.15, 0.2) is 0 Å². The number of aromatic nitrogens is 4. The van der Waals surface area contributed by atoms with E-state index in [0.717, 1.165) is 37.3 Å². The lowest BCUT2D eigenvalue weighted by Gasteiger charge is -2.33. The summed E-state index contributed by atoms with van der Waals surface area (Å²) in [4.78, 5) is 21.6. The second-order valence-electron chi connectivity index (χ2n) is 5.42. The van der Waals surface area contributed by atoms with E-state index in [0.29, 0.717) is 23.3 Å². The van der Waals surface area contributed by atoms with Crippen molar-refractivity contribution in [1.29, 1.82) is 0 Å². The molecule has 1 saturated heterocycles. The Morgan fingerprint density at radius 1 is 1.48 bits per heavy atom. The zero-order valence-corrected chi connectivity index (χ0v) is 12.5. The topological polar surface area (TPSA) is 89.4 Å². The van der Waals surface area contributed by atoms with Crippen molar-refractivity contribution in [3.8, 4) is 0 Å². The lowest BCUT2D eigenvalue weighted by Crippen LogP contribution is -2.36. The van der Waals surface area contributed by atoms with Crippen molar-refractivity contribution in [2.24, 2.45) is 11.7 Å². The van der Waals surface area contributed by atoms with Crippen molar-refractivity contribution in [2.75, 3.05) is 18.0 Å². The molecule has 2 N–H and O–H groups in total. The Hall–Kier alpha value is -1.89. The molecule has 1 aliphatic rings. The molecule has 112 valence electrons. The number of nitrogens with two attached hydrogens (primary N) is 1. The van der Waals surface area contributed by atoms with Gasteiger partial charge in [-0.2, -0.15) is 19.6 Å². The van der Waals surface area contributed by atoms with Crippen LogP contribution in [-0.2, 0) is 4.79 Å². The van der Waals surface area contributed by atoms with E-state index < -0.39 is 0 Å². The van der Waals surface area contributed by atoms with Crippen molar-refractivity contribution < 1.29 is 4.79 Å². The van der Waals surface area contributed by atoms with E-state index in [1.807, 2.05) is 6.92 Å². The van der Waals surface area contributed by atoms with Gasteiger partial charge in [-0.1, -0.05) is 11.6 Å². The van der Waals surface area contributed by atoms with E-state index in [9.17, 15) is 4.79 Å². The number of anilines is 1. The molecule has 1 amide bonds. The van der Waals surface area contributed by atoms with Gasteiger partial charge in [0.05, 0.1) is 0 Å². The molecule has 0 radical (unpaired) electrons. The van der Waals surface area contributed by atoms with Crippen LogP contribution in [0.25, 0.3) is 5.78 Å². The van der Waals surface area contributed by atoms with Crippen molar-refractivity contribution in [1.82, 2.24) is 19.6 Å². The number of amides is 1. The van der Waals surface area contributed by atoms with Gasteiger partial charge in [0, 0.05) is 25.1 Å². The van der Waals surface area contributed by atoms with Crippen molar-refractivity contribution in [3.63, 3.8) is 0 Å². The van der Waals surface area contributed by atoms with E-state index in [1.54, 1.807) is 4.52 Å². The van der Waals surface area contributed by atoms with Gasteiger partial charge in [-0.05, 0) is 25.7 Å². The largest absolute Gasteiger partial charge is 0.370 e.